The Labute approximate surface area is 108 Å². The van der Waals surface area contributed by atoms with Gasteiger partial charge >= 0.3 is 0 Å². The highest BCUT2D eigenvalue weighted by molar-refractivity contribution is 5.68. The molecule has 1 aromatic rings. The van der Waals surface area contributed by atoms with E-state index in [9.17, 15) is 0 Å². The molecule has 3 N–H and O–H groups in total. The van der Waals surface area contributed by atoms with Gasteiger partial charge in [0, 0.05) is 6.54 Å². The highest BCUT2D eigenvalue weighted by Crippen LogP contribution is 2.22. The Bertz CT molecular complexity index is 442. The molecular weight excluding hydrogens is 224 g/mol. The molecule has 0 aromatic heterocycles. The van der Waals surface area contributed by atoms with Crippen LogP contribution in [-0.2, 0) is 0 Å². The number of benzene rings is 1. The number of hydrogen-bond donors (Lipinski definition) is 2. The molecule has 1 aromatic carbocycles. The summed E-state index contributed by atoms with van der Waals surface area (Å²) in [7, 11) is 2.17. The number of likely N-dealkylation sites (tertiary alicyclic amines) is 1. The SMILES string of the molecule is CN1CCC(CNc2ccc(C#N)cc2N)CC1. The van der Waals surface area contributed by atoms with Crippen molar-refractivity contribution in [3.63, 3.8) is 0 Å². The monoisotopic (exact) mass is 244 g/mol. The minimum Gasteiger partial charge on any atom is -0.397 e. The minimum atomic E-state index is 0.609. The Balaban J connectivity index is 1.89. The Kier molecular flexibility index (Phi) is 4.06. The Morgan fingerprint density at radius 3 is 2.78 bits per heavy atom. The van der Waals surface area contributed by atoms with Gasteiger partial charge in [-0.3, -0.25) is 0 Å². The van der Waals surface area contributed by atoms with Crippen molar-refractivity contribution in [3.05, 3.63) is 23.8 Å². The third kappa shape index (κ3) is 3.14. The first kappa shape index (κ1) is 12.7. The Hall–Kier alpha value is -1.73. The van der Waals surface area contributed by atoms with Crippen LogP contribution >= 0.6 is 0 Å². The third-order valence-corrected chi connectivity index (χ3v) is 3.60. The van der Waals surface area contributed by atoms with Gasteiger partial charge < -0.3 is 16.0 Å². The third-order valence-electron chi connectivity index (χ3n) is 3.60. The maximum atomic E-state index is 8.78. The number of nitrogens with one attached hydrogen (secondary N) is 1. The maximum Gasteiger partial charge on any atom is 0.0992 e. The molecule has 0 bridgehead atoms. The normalized spacial score (nSPS) is 17.3. The van der Waals surface area contributed by atoms with Crippen molar-refractivity contribution < 1.29 is 0 Å². The van der Waals surface area contributed by atoms with Crippen molar-refractivity contribution in [1.82, 2.24) is 4.90 Å². The van der Waals surface area contributed by atoms with Gasteiger partial charge in [0.05, 0.1) is 23.0 Å². The zero-order valence-electron chi connectivity index (χ0n) is 10.8. The lowest BCUT2D eigenvalue weighted by atomic mass is 9.97. The van der Waals surface area contributed by atoms with Crippen LogP contribution in [0.1, 0.15) is 18.4 Å². The molecule has 2 rings (SSSR count). The molecule has 0 saturated carbocycles. The molecule has 1 heterocycles. The molecule has 1 aliphatic rings. The van der Waals surface area contributed by atoms with Gasteiger partial charge in [-0.05, 0) is 57.1 Å². The number of hydrogen-bond acceptors (Lipinski definition) is 4. The average molecular weight is 244 g/mol. The van der Waals surface area contributed by atoms with Crippen LogP contribution in [0.2, 0.25) is 0 Å². The van der Waals surface area contributed by atoms with Crippen molar-refractivity contribution in [1.29, 1.82) is 5.26 Å². The number of nitrogens with zero attached hydrogens (tertiary/aromatic N) is 2. The summed E-state index contributed by atoms with van der Waals surface area (Å²) in [4.78, 5) is 2.37. The lowest BCUT2D eigenvalue weighted by molar-refractivity contribution is 0.226. The van der Waals surface area contributed by atoms with Crippen molar-refractivity contribution in [2.24, 2.45) is 5.92 Å². The second-order valence-electron chi connectivity index (χ2n) is 5.04. The van der Waals surface area contributed by atoms with Crippen LogP contribution in [0.3, 0.4) is 0 Å². The lowest BCUT2D eigenvalue weighted by Crippen LogP contribution is -2.33. The van der Waals surface area contributed by atoms with Gasteiger partial charge in [0.25, 0.3) is 0 Å². The Morgan fingerprint density at radius 1 is 1.44 bits per heavy atom. The molecule has 4 nitrogen and oxygen atoms in total. The maximum absolute atomic E-state index is 8.78. The number of nitrogens with two attached hydrogens (primary N) is 1. The van der Waals surface area contributed by atoms with Crippen LogP contribution in [-0.4, -0.2) is 31.6 Å². The van der Waals surface area contributed by atoms with Gasteiger partial charge in [-0.15, -0.1) is 0 Å². The van der Waals surface area contributed by atoms with E-state index in [4.69, 9.17) is 11.0 Å². The predicted octanol–water partition coefficient (Wildman–Crippen LogP) is 1.89. The van der Waals surface area contributed by atoms with Gasteiger partial charge in [0.15, 0.2) is 0 Å². The predicted molar refractivity (Wildman–Crippen MR) is 74.3 cm³/mol. The fourth-order valence-corrected chi connectivity index (χ4v) is 2.31. The van der Waals surface area contributed by atoms with Crippen LogP contribution in [0.4, 0.5) is 11.4 Å². The summed E-state index contributed by atoms with van der Waals surface area (Å²) >= 11 is 0. The van der Waals surface area contributed by atoms with E-state index in [0.717, 1.165) is 18.2 Å². The first-order valence-corrected chi connectivity index (χ1v) is 6.41. The van der Waals surface area contributed by atoms with Gasteiger partial charge in [0.1, 0.15) is 0 Å². The topological polar surface area (TPSA) is 65.1 Å². The van der Waals surface area contributed by atoms with Crippen molar-refractivity contribution >= 4 is 11.4 Å². The number of piperidine rings is 1. The summed E-state index contributed by atoms with van der Waals surface area (Å²) in [6, 6.07) is 7.50. The molecule has 0 amide bonds. The largest absolute Gasteiger partial charge is 0.397 e. The van der Waals surface area contributed by atoms with Crippen molar-refractivity contribution in [2.45, 2.75) is 12.8 Å². The highest BCUT2D eigenvalue weighted by atomic mass is 15.1. The Morgan fingerprint density at radius 2 is 2.17 bits per heavy atom. The molecular formula is C14H20N4. The molecule has 96 valence electrons. The van der Waals surface area contributed by atoms with Gasteiger partial charge in [-0.1, -0.05) is 0 Å². The van der Waals surface area contributed by atoms with Crippen LogP contribution in [0.25, 0.3) is 0 Å². The lowest BCUT2D eigenvalue weighted by Gasteiger charge is -2.29. The standard InChI is InChI=1S/C14H20N4/c1-18-6-4-11(5-7-18)10-17-14-3-2-12(9-15)8-13(14)16/h2-3,8,11,17H,4-7,10,16H2,1H3. The molecule has 0 radical (unpaired) electrons. The van der Waals surface area contributed by atoms with Gasteiger partial charge in [-0.25, -0.2) is 0 Å². The summed E-state index contributed by atoms with van der Waals surface area (Å²) in [5.74, 6) is 0.719. The molecule has 1 saturated heterocycles. The molecule has 18 heavy (non-hydrogen) atoms. The zero-order chi connectivity index (χ0) is 13.0. The van der Waals surface area contributed by atoms with Gasteiger partial charge in [0.2, 0.25) is 0 Å². The number of nitrogen functional groups attached to an aromatic ring is 1. The van der Waals surface area contributed by atoms with E-state index in [0.29, 0.717) is 11.3 Å². The average Bonchev–Trinajstić information content (AvgIpc) is 2.39. The van der Waals surface area contributed by atoms with E-state index >= 15 is 0 Å². The van der Waals surface area contributed by atoms with E-state index in [-0.39, 0.29) is 0 Å². The summed E-state index contributed by atoms with van der Waals surface area (Å²) in [5.41, 5.74) is 8.11. The second-order valence-corrected chi connectivity index (χ2v) is 5.04. The van der Waals surface area contributed by atoms with E-state index < -0.39 is 0 Å². The van der Waals surface area contributed by atoms with Gasteiger partial charge in [-0.2, -0.15) is 5.26 Å². The van der Waals surface area contributed by atoms with E-state index in [1.165, 1.54) is 25.9 Å². The van der Waals surface area contributed by atoms with Crippen LogP contribution < -0.4 is 11.1 Å². The zero-order valence-corrected chi connectivity index (χ0v) is 10.8. The number of nitriles is 1. The summed E-state index contributed by atoms with van der Waals surface area (Å²) in [6.07, 6.45) is 2.47. The molecule has 0 atom stereocenters. The number of anilines is 2. The van der Waals surface area contributed by atoms with E-state index in [2.05, 4.69) is 23.3 Å². The quantitative estimate of drug-likeness (QED) is 0.797. The van der Waals surface area contributed by atoms with Crippen LogP contribution in [0, 0.1) is 17.2 Å². The first-order valence-electron chi connectivity index (χ1n) is 6.41. The summed E-state index contributed by atoms with van der Waals surface area (Å²) in [5, 5.41) is 12.2. The first-order chi connectivity index (χ1) is 8.69. The summed E-state index contributed by atoms with van der Waals surface area (Å²) in [6.45, 7) is 3.31. The highest BCUT2D eigenvalue weighted by Gasteiger charge is 2.16. The van der Waals surface area contributed by atoms with E-state index in [1.54, 1.807) is 12.1 Å². The fraction of sp³-hybridized carbons (Fsp3) is 0.500. The molecule has 0 aliphatic carbocycles. The smallest absolute Gasteiger partial charge is 0.0992 e. The molecule has 1 aliphatic heterocycles. The summed E-state index contributed by atoms with van der Waals surface area (Å²) < 4.78 is 0. The van der Waals surface area contributed by atoms with Crippen molar-refractivity contribution in [2.75, 3.05) is 37.7 Å². The molecule has 4 heteroatoms. The molecule has 0 spiro atoms. The fourth-order valence-electron chi connectivity index (χ4n) is 2.31. The second kappa shape index (κ2) is 5.74. The van der Waals surface area contributed by atoms with Crippen molar-refractivity contribution in [3.8, 4) is 6.07 Å². The molecule has 1 fully saturated rings. The van der Waals surface area contributed by atoms with E-state index in [1.807, 2.05) is 6.07 Å². The minimum absolute atomic E-state index is 0.609. The number of rotatable bonds is 3. The van der Waals surface area contributed by atoms with Crippen LogP contribution in [0.5, 0.6) is 0 Å². The van der Waals surface area contributed by atoms with Crippen LogP contribution in [0.15, 0.2) is 18.2 Å². The molecule has 0 unspecified atom stereocenters.